The summed E-state index contributed by atoms with van der Waals surface area (Å²) in [5, 5.41) is 10.6. The Kier molecular flexibility index (Phi) is 5.75. The van der Waals surface area contributed by atoms with Crippen LogP contribution < -0.4 is 9.62 Å². The molecule has 2 aromatic carbocycles. The number of non-ortho nitro benzene ring substituents is 1. The Morgan fingerprint density at radius 2 is 1.76 bits per heavy atom. The molecule has 0 aliphatic rings. The monoisotopic (exact) mass is 359 g/mol. The summed E-state index contributed by atoms with van der Waals surface area (Å²) in [6, 6.07) is 12.2. The summed E-state index contributed by atoms with van der Waals surface area (Å²) in [4.78, 5) is 11.9. The predicted molar refractivity (Wildman–Crippen MR) is 95.9 cm³/mol. The van der Waals surface area contributed by atoms with Crippen molar-refractivity contribution in [1.82, 2.24) is 4.72 Å². The number of nitrogens with one attached hydrogen (secondary N) is 1. The van der Waals surface area contributed by atoms with Crippen molar-refractivity contribution in [3.8, 4) is 11.8 Å². The summed E-state index contributed by atoms with van der Waals surface area (Å²) in [7, 11) is 0.0321. The molecule has 0 amide bonds. The lowest BCUT2D eigenvalue weighted by molar-refractivity contribution is -0.384. The number of nitrogens with zero attached hydrogens (tertiary/aromatic N) is 2. The van der Waals surface area contributed by atoms with Crippen molar-refractivity contribution in [3.63, 3.8) is 0 Å². The van der Waals surface area contributed by atoms with Gasteiger partial charge in [-0.05, 0) is 24.3 Å². The number of sulfonamides is 1. The largest absolute Gasteiger partial charge is 0.377 e. The van der Waals surface area contributed by atoms with Crippen LogP contribution in [0.15, 0.2) is 53.4 Å². The van der Waals surface area contributed by atoms with Crippen molar-refractivity contribution in [2.75, 3.05) is 25.5 Å². The number of para-hydroxylation sites is 1. The average Bonchev–Trinajstić information content (AvgIpc) is 2.59. The third-order valence-electron chi connectivity index (χ3n) is 3.32. The third-order valence-corrected chi connectivity index (χ3v) is 4.73. The van der Waals surface area contributed by atoms with Gasteiger partial charge in [-0.25, -0.2) is 8.42 Å². The highest BCUT2D eigenvalue weighted by atomic mass is 32.2. The molecule has 0 unspecified atom stereocenters. The Morgan fingerprint density at radius 1 is 1.12 bits per heavy atom. The van der Waals surface area contributed by atoms with Crippen molar-refractivity contribution in [2.45, 2.75) is 4.90 Å². The zero-order chi connectivity index (χ0) is 18.4. The Bertz CT molecular complexity index is 926. The number of nitro groups is 1. The summed E-state index contributed by atoms with van der Waals surface area (Å²) < 4.78 is 26.6. The van der Waals surface area contributed by atoms with Crippen LogP contribution in [0.2, 0.25) is 0 Å². The van der Waals surface area contributed by atoms with Gasteiger partial charge < -0.3 is 4.90 Å². The quantitative estimate of drug-likeness (QED) is 0.501. The molecule has 0 fully saturated rings. The molecule has 0 spiro atoms. The highest BCUT2D eigenvalue weighted by Crippen LogP contribution is 2.17. The summed E-state index contributed by atoms with van der Waals surface area (Å²) in [6.07, 6.45) is 0. The molecule has 130 valence electrons. The van der Waals surface area contributed by atoms with E-state index in [4.69, 9.17) is 0 Å². The van der Waals surface area contributed by atoms with E-state index in [0.717, 1.165) is 23.4 Å². The fourth-order valence-electron chi connectivity index (χ4n) is 2.07. The third kappa shape index (κ3) is 4.79. The first-order valence-corrected chi connectivity index (χ1v) is 8.79. The minimum absolute atomic E-state index is 0.0476. The van der Waals surface area contributed by atoms with Gasteiger partial charge in [-0.1, -0.05) is 24.0 Å². The maximum atomic E-state index is 12.1. The van der Waals surface area contributed by atoms with E-state index < -0.39 is 14.9 Å². The van der Waals surface area contributed by atoms with Gasteiger partial charge in [-0.2, -0.15) is 4.72 Å². The fourth-order valence-corrected chi connectivity index (χ4v) is 2.99. The molecule has 0 saturated carbocycles. The highest BCUT2D eigenvalue weighted by Gasteiger charge is 2.14. The van der Waals surface area contributed by atoms with Crippen LogP contribution in [0.5, 0.6) is 0 Å². The van der Waals surface area contributed by atoms with Gasteiger partial charge >= 0.3 is 0 Å². The first kappa shape index (κ1) is 18.4. The lowest BCUT2D eigenvalue weighted by Gasteiger charge is -2.13. The second-order valence-electron chi connectivity index (χ2n) is 5.29. The highest BCUT2D eigenvalue weighted by molar-refractivity contribution is 7.89. The van der Waals surface area contributed by atoms with E-state index in [2.05, 4.69) is 16.6 Å². The Labute approximate surface area is 146 Å². The molecule has 7 nitrogen and oxygen atoms in total. The van der Waals surface area contributed by atoms with Crippen LogP contribution in [-0.2, 0) is 10.0 Å². The molecule has 0 heterocycles. The fraction of sp³-hybridized carbons (Fsp3) is 0.176. The molecule has 2 rings (SSSR count). The minimum atomic E-state index is -3.77. The van der Waals surface area contributed by atoms with Crippen LogP contribution >= 0.6 is 0 Å². The summed E-state index contributed by atoms with van der Waals surface area (Å²) in [6.45, 7) is -0.0684. The zero-order valence-electron chi connectivity index (χ0n) is 13.8. The van der Waals surface area contributed by atoms with Gasteiger partial charge in [0.1, 0.15) is 0 Å². The second-order valence-corrected chi connectivity index (χ2v) is 7.06. The van der Waals surface area contributed by atoms with Crippen LogP contribution in [0.3, 0.4) is 0 Å². The van der Waals surface area contributed by atoms with Gasteiger partial charge in [0.25, 0.3) is 5.69 Å². The SMILES string of the molecule is CN(C)c1ccccc1C#CCNS(=O)(=O)c1ccc([N+](=O)[O-])cc1. The Morgan fingerprint density at radius 3 is 2.36 bits per heavy atom. The first-order valence-electron chi connectivity index (χ1n) is 7.30. The topological polar surface area (TPSA) is 92.6 Å². The molecular formula is C17H17N3O4S. The van der Waals surface area contributed by atoms with E-state index >= 15 is 0 Å². The molecule has 0 atom stereocenters. The number of hydrogen-bond acceptors (Lipinski definition) is 5. The van der Waals surface area contributed by atoms with Gasteiger partial charge in [0.2, 0.25) is 10.0 Å². The number of benzene rings is 2. The summed E-state index contributed by atoms with van der Waals surface area (Å²) >= 11 is 0. The molecule has 8 heteroatoms. The van der Waals surface area contributed by atoms with E-state index in [0.29, 0.717) is 0 Å². The average molecular weight is 359 g/mol. The smallest absolute Gasteiger partial charge is 0.269 e. The van der Waals surface area contributed by atoms with E-state index in [1.54, 1.807) is 0 Å². The molecule has 0 saturated heterocycles. The van der Waals surface area contributed by atoms with E-state index in [-0.39, 0.29) is 17.1 Å². The number of rotatable bonds is 5. The molecule has 0 aromatic heterocycles. The molecule has 25 heavy (non-hydrogen) atoms. The molecular weight excluding hydrogens is 342 g/mol. The standard InChI is InChI=1S/C17H17N3O4S/c1-19(2)17-8-4-3-6-14(17)7-5-13-18-25(23,24)16-11-9-15(10-12-16)20(21)22/h3-4,6,8-12,18H,13H2,1-2H3. The normalized spacial score (nSPS) is 10.6. The van der Waals surface area contributed by atoms with E-state index in [1.807, 2.05) is 43.3 Å². The molecule has 1 N–H and O–H groups in total. The van der Waals surface area contributed by atoms with Crippen molar-refractivity contribution in [2.24, 2.45) is 0 Å². The van der Waals surface area contributed by atoms with E-state index in [1.165, 1.54) is 12.1 Å². The lowest BCUT2D eigenvalue weighted by atomic mass is 10.1. The van der Waals surface area contributed by atoms with Gasteiger partial charge in [-0.3, -0.25) is 10.1 Å². The van der Waals surface area contributed by atoms with Crippen molar-refractivity contribution < 1.29 is 13.3 Å². The maximum absolute atomic E-state index is 12.1. The minimum Gasteiger partial charge on any atom is -0.377 e. The molecule has 0 bridgehead atoms. The number of nitro benzene ring substituents is 1. The summed E-state index contributed by atoms with van der Waals surface area (Å²) in [5.41, 5.74) is 1.56. The summed E-state index contributed by atoms with van der Waals surface area (Å²) in [5.74, 6) is 5.71. The predicted octanol–water partition coefficient (Wildman–Crippen LogP) is 1.99. The molecule has 0 aliphatic carbocycles. The second kappa shape index (κ2) is 7.79. The van der Waals surface area contributed by atoms with Crippen LogP contribution in [-0.4, -0.2) is 34.0 Å². The number of hydrogen-bond donors (Lipinski definition) is 1. The van der Waals surface area contributed by atoms with Crippen molar-refractivity contribution in [1.29, 1.82) is 0 Å². The van der Waals surface area contributed by atoms with Crippen LogP contribution in [0, 0.1) is 22.0 Å². The van der Waals surface area contributed by atoms with Gasteiger partial charge in [0.15, 0.2) is 0 Å². The van der Waals surface area contributed by atoms with Crippen LogP contribution in [0.4, 0.5) is 11.4 Å². The number of anilines is 1. The van der Waals surface area contributed by atoms with Crippen molar-refractivity contribution >= 4 is 21.4 Å². The molecule has 0 radical (unpaired) electrons. The Balaban J connectivity index is 2.08. The van der Waals surface area contributed by atoms with Crippen LogP contribution in [0.1, 0.15) is 5.56 Å². The maximum Gasteiger partial charge on any atom is 0.269 e. The van der Waals surface area contributed by atoms with E-state index in [9.17, 15) is 18.5 Å². The first-order chi connectivity index (χ1) is 11.8. The molecule has 0 aliphatic heterocycles. The van der Waals surface area contributed by atoms with Crippen LogP contribution in [0.25, 0.3) is 0 Å². The van der Waals surface area contributed by atoms with Gasteiger partial charge in [0, 0.05) is 31.8 Å². The molecule has 2 aromatic rings. The lowest BCUT2D eigenvalue weighted by Crippen LogP contribution is -2.24. The van der Waals surface area contributed by atoms with Gasteiger partial charge in [-0.15, -0.1) is 0 Å². The van der Waals surface area contributed by atoms with Crippen molar-refractivity contribution in [3.05, 3.63) is 64.2 Å². The zero-order valence-corrected chi connectivity index (χ0v) is 14.6. The van der Waals surface area contributed by atoms with Gasteiger partial charge in [0.05, 0.1) is 22.1 Å². The Hall–Kier alpha value is -2.89.